The van der Waals surface area contributed by atoms with Crippen molar-refractivity contribution >= 4 is 47.7 Å². The molecule has 0 radical (unpaired) electrons. The molecule has 1 N–H and O–H groups in total. The van der Waals surface area contributed by atoms with Crippen LogP contribution in [0.4, 0.5) is 5.82 Å². The van der Waals surface area contributed by atoms with Gasteiger partial charge in [0, 0.05) is 18.5 Å². The summed E-state index contributed by atoms with van der Waals surface area (Å²) in [6.45, 7) is 2.06. The number of para-hydroxylation sites is 1. The van der Waals surface area contributed by atoms with Gasteiger partial charge in [-0.15, -0.1) is 9.80 Å². The van der Waals surface area contributed by atoms with Crippen LogP contribution in [0.5, 0.6) is 11.5 Å². The van der Waals surface area contributed by atoms with Crippen LogP contribution in [-0.4, -0.2) is 36.1 Å². The number of fused-ring (bicyclic) bond motifs is 1. The van der Waals surface area contributed by atoms with Gasteiger partial charge < -0.3 is 14.8 Å². The molecule has 1 heterocycles. The van der Waals surface area contributed by atoms with E-state index < -0.39 is 0 Å². The van der Waals surface area contributed by atoms with E-state index in [1.54, 1.807) is 14.2 Å². The summed E-state index contributed by atoms with van der Waals surface area (Å²) in [6.07, 6.45) is 0. The number of halogens is 1. The average Bonchev–Trinajstić information content (AvgIpc) is 2.88. The number of hydrogen-bond acceptors (Lipinski definition) is 7. The summed E-state index contributed by atoms with van der Waals surface area (Å²) < 4.78 is 10.7. The maximum Gasteiger partial charge on any atom is 0.145 e. The highest BCUT2D eigenvalue weighted by Gasteiger charge is 2.11. The minimum absolute atomic E-state index is 0.635. The maximum atomic E-state index is 5.34. The summed E-state index contributed by atoms with van der Waals surface area (Å²) in [5.41, 5.74) is 3.24. The molecule has 8 heteroatoms. The number of benzene rings is 3. The van der Waals surface area contributed by atoms with E-state index in [1.807, 2.05) is 75.8 Å². The topological polar surface area (TPSA) is 59.5 Å². The van der Waals surface area contributed by atoms with Crippen LogP contribution < -0.4 is 14.8 Å². The van der Waals surface area contributed by atoms with Crippen LogP contribution in [0.25, 0.3) is 10.9 Å². The van der Waals surface area contributed by atoms with Crippen LogP contribution in [-0.2, 0) is 19.6 Å². The molecule has 0 aliphatic heterocycles. The fourth-order valence-corrected chi connectivity index (χ4v) is 3.68. The Labute approximate surface area is 218 Å². The lowest BCUT2D eigenvalue weighted by Crippen LogP contribution is -2.19. The van der Waals surface area contributed by atoms with Crippen molar-refractivity contribution in [2.75, 3.05) is 26.6 Å². The summed E-state index contributed by atoms with van der Waals surface area (Å²) in [5.74, 6) is 3.32. The van der Waals surface area contributed by atoms with Gasteiger partial charge in [0.2, 0.25) is 0 Å². The second-order valence-electron chi connectivity index (χ2n) is 7.73. The van der Waals surface area contributed by atoms with Gasteiger partial charge in [-0.05, 0) is 75.8 Å². The van der Waals surface area contributed by atoms with Gasteiger partial charge in [0.25, 0.3) is 0 Å². The van der Waals surface area contributed by atoms with Crippen LogP contribution in [0.15, 0.2) is 72.8 Å². The minimum atomic E-state index is 0.635. The van der Waals surface area contributed by atoms with Crippen molar-refractivity contribution in [3.05, 3.63) is 89.7 Å². The fourth-order valence-electron chi connectivity index (χ4n) is 3.68. The van der Waals surface area contributed by atoms with Gasteiger partial charge in [0.05, 0.1) is 26.3 Å². The van der Waals surface area contributed by atoms with Gasteiger partial charge in [-0.25, -0.2) is 9.97 Å². The lowest BCUT2D eigenvalue weighted by Gasteiger charge is -2.18. The zero-order valence-electron chi connectivity index (χ0n) is 19.5. The second-order valence-corrected chi connectivity index (χ2v) is 7.73. The summed E-state index contributed by atoms with van der Waals surface area (Å²) in [7, 11) is 8.93. The molecule has 0 bridgehead atoms. The third-order valence-corrected chi connectivity index (χ3v) is 5.24. The van der Waals surface area contributed by atoms with Gasteiger partial charge in [-0.3, -0.25) is 4.90 Å². The number of nitrogens with one attached hydrogen (secondary N) is 1. The predicted molar refractivity (Wildman–Crippen MR) is 151 cm³/mol. The van der Waals surface area contributed by atoms with Crippen LogP contribution in [0.2, 0.25) is 0 Å². The molecule has 3 aromatic carbocycles. The summed E-state index contributed by atoms with van der Waals surface area (Å²) >= 11 is 1.84. The Morgan fingerprint density at radius 1 is 0.824 bits per heavy atom. The standard InChI is InChI=1S/C26H28N4O2.HIS/c1-30(17-20-9-7-11-22(15-20)32-3)18-25-28-24-13-5-4-12-23(24)26(29-25)27-16-19-8-6-10-21(14-19)31-2;1-2/h4-15H,16-18H2,1-3H3,(H,27,28,29);2H. The Kier molecular flexibility index (Phi) is 10.2. The highest BCUT2D eigenvalue weighted by molar-refractivity contribution is 14.2. The van der Waals surface area contributed by atoms with Gasteiger partial charge in [-0.2, -0.15) is 0 Å². The zero-order valence-corrected chi connectivity index (χ0v) is 22.6. The number of methoxy groups -OCH3 is 2. The van der Waals surface area contributed by atoms with Gasteiger partial charge in [0.15, 0.2) is 0 Å². The minimum Gasteiger partial charge on any atom is -0.497 e. The highest BCUT2D eigenvalue weighted by atomic mass is 127. The molecule has 4 rings (SSSR count). The Morgan fingerprint density at radius 2 is 1.47 bits per heavy atom. The number of ether oxygens (including phenoxy) is 2. The largest absolute Gasteiger partial charge is 0.497 e. The van der Waals surface area contributed by atoms with Crippen molar-refractivity contribution < 1.29 is 9.47 Å². The quantitative estimate of drug-likeness (QED) is 0.181. The number of thiol groups is 1. The smallest absolute Gasteiger partial charge is 0.145 e. The molecule has 0 saturated heterocycles. The highest BCUT2D eigenvalue weighted by Crippen LogP contribution is 2.22. The molecular formula is C26H29IN4O2S. The van der Waals surface area contributed by atoms with Crippen LogP contribution in [0, 0.1) is 0 Å². The first-order valence-corrected chi connectivity index (χ1v) is 14.0. The number of nitrogens with zero attached hydrogens (tertiary/aromatic N) is 3. The molecule has 0 aliphatic carbocycles. The Balaban J connectivity index is 0.00000158. The van der Waals surface area contributed by atoms with Crippen molar-refractivity contribution in [1.82, 2.24) is 14.9 Å². The summed E-state index contributed by atoms with van der Waals surface area (Å²) in [4.78, 5) is 11.8. The summed E-state index contributed by atoms with van der Waals surface area (Å²) in [5, 5.41) is 4.50. The SMILES string of the molecule is COc1cccc(CNc2nc(CN(C)Cc3cccc(OC)c3)nc3ccccc23)c1.SI. The van der Waals surface area contributed by atoms with E-state index in [2.05, 4.69) is 45.3 Å². The third kappa shape index (κ3) is 7.22. The number of aromatic nitrogens is 2. The van der Waals surface area contributed by atoms with Crippen LogP contribution >= 0.6 is 31.0 Å². The third-order valence-electron chi connectivity index (χ3n) is 5.24. The van der Waals surface area contributed by atoms with E-state index in [0.717, 1.165) is 46.2 Å². The monoisotopic (exact) mass is 588 g/mol. The second kappa shape index (κ2) is 13.4. The van der Waals surface area contributed by atoms with Crippen molar-refractivity contribution in [3.63, 3.8) is 0 Å². The van der Waals surface area contributed by atoms with Gasteiger partial charge in [0.1, 0.15) is 23.1 Å². The first kappa shape index (κ1) is 26.1. The van der Waals surface area contributed by atoms with E-state index in [4.69, 9.17) is 19.4 Å². The van der Waals surface area contributed by atoms with Crippen LogP contribution in [0.3, 0.4) is 0 Å². The zero-order chi connectivity index (χ0) is 24.3. The molecule has 0 saturated carbocycles. The van der Waals surface area contributed by atoms with E-state index in [1.165, 1.54) is 5.56 Å². The molecule has 1 aromatic heterocycles. The molecule has 0 spiro atoms. The lowest BCUT2D eigenvalue weighted by molar-refractivity contribution is 0.310. The van der Waals surface area contributed by atoms with Crippen molar-refractivity contribution in [3.8, 4) is 11.5 Å². The lowest BCUT2D eigenvalue weighted by atomic mass is 10.2. The average molecular weight is 589 g/mol. The van der Waals surface area contributed by atoms with E-state index >= 15 is 0 Å². The Morgan fingerprint density at radius 3 is 2.18 bits per heavy atom. The number of hydrogen-bond donors (Lipinski definition) is 2. The maximum absolute atomic E-state index is 5.34. The normalized spacial score (nSPS) is 10.5. The van der Waals surface area contributed by atoms with E-state index in [0.29, 0.717) is 13.1 Å². The number of anilines is 1. The van der Waals surface area contributed by atoms with Crippen LogP contribution in [0.1, 0.15) is 17.0 Å². The Bertz CT molecular complexity index is 1210. The first-order valence-electron chi connectivity index (χ1n) is 10.8. The molecule has 34 heavy (non-hydrogen) atoms. The summed E-state index contributed by atoms with van der Waals surface area (Å²) in [6, 6.07) is 24.2. The molecule has 0 fully saturated rings. The van der Waals surface area contributed by atoms with Crippen molar-refractivity contribution in [2.24, 2.45) is 0 Å². The predicted octanol–water partition coefficient (Wildman–Crippen LogP) is 6.16. The van der Waals surface area contributed by atoms with Crippen molar-refractivity contribution in [2.45, 2.75) is 19.6 Å². The molecule has 6 nitrogen and oxygen atoms in total. The first-order chi connectivity index (χ1) is 16.6. The molecule has 0 amide bonds. The Hall–Kier alpha value is -2.56. The molecule has 178 valence electrons. The van der Waals surface area contributed by atoms with Gasteiger partial charge >= 0.3 is 0 Å². The molecule has 0 unspecified atom stereocenters. The van der Waals surface area contributed by atoms with E-state index in [-0.39, 0.29) is 0 Å². The van der Waals surface area contributed by atoms with Gasteiger partial charge in [-0.1, -0.05) is 36.4 Å². The fraction of sp³-hybridized carbons (Fsp3) is 0.231. The van der Waals surface area contributed by atoms with Crippen molar-refractivity contribution in [1.29, 1.82) is 0 Å². The molecular weight excluding hydrogens is 559 g/mol. The van der Waals surface area contributed by atoms with E-state index in [9.17, 15) is 0 Å². The molecule has 0 aliphatic rings. The molecule has 4 aromatic rings. The molecule has 0 atom stereocenters. The number of rotatable bonds is 9.